The number of nitrogens with one attached hydrogen (secondary N) is 2. The number of benzene rings is 1. The first-order valence-corrected chi connectivity index (χ1v) is 6.58. The minimum atomic E-state index is -0.953. The van der Waals surface area contributed by atoms with Crippen LogP contribution in [0, 0.1) is 6.92 Å². The predicted octanol–water partition coefficient (Wildman–Crippen LogP) is 1.02. The summed E-state index contributed by atoms with van der Waals surface area (Å²) in [6.07, 6.45) is 0. The normalized spacial score (nSPS) is 10.4. The molecule has 0 spiro atoms. The van der Waals surface area contributed by atoms with E-state index in [1.165, 1.54) is 0 Å². The number of aryl methyl sites for hydroxylation is 1. The average Bonchev–Trinajstić information content (AvgIpc) is 2.45. The number of aromatic nitrogens is 1. The van der Waals surface area contributed by atoms with Gasteiger partial charge in [0.05, 0.1) is 6.61 Å². The van der Waals surface area contributed by atoms with E-state index in [1.54, 1.807) is 13.0 Å². The minimum Gasteiger partial charge on any atom is -0.459 e. The number of aromatic amines is 1. The Hall–Kier alpha value is -2.63. The van der Waals surface area contributed by atoms with Crippen LogP contribution in [0.25, 0.3) is 10.9 Å². The van der Waals surface area contributed by atoms with E-state index in [9.17, 15) is 14.4 Å². The molecule has 2 N–H and O–H groups in total. The van der Waals surface area contributed by atoms with E-state index in [0.29, 0.717) is 5.56 Å². The first-order valence-electron chi connectivity index (χ1n) is 6.58. The molecule has 0 aliphatic rings. The number of esters is 1. The van der Waals surface area contributed by atoms with Gasteiger partial charge in [-0.2, -0.15) is 0 Å². The Morgan fingerprint density at radius 3 is 2.76 bits per heavy atom. The second-order valence-electron chi connectivity index (χ2n) is 4.62. The summed E-state index contributed by atoms with van der Waals surface area (Å²) in [4.78, 5) is 37.3. The van der Waals surface area contributed by atoms with E-state index in [0.717, 1.165) is 16.5 Å². The van der Waals surface area contributed by atoms with Gasteiger partial charge >= 0.3 is 11.9 Å². The van der Waals surface area contributed by atoms with Crippen molar-refractivity contribution < 1.29 is 14.3 Å². The summed E-state index contributed by atoms with van der Waals surface area (Å²) in [5, 5.41) is 3.23. The minimum absolute atomic E-state index is 0.0310. The number of rotatable bonds is 3. The third kappa shape index (κ3) is 3.47. The van der Waals surface area contributed by atoms with Gasteiger partial charge in [-0.05, 0) is 36.9 Å². The Labute approximate surface area is 121 Å². The van der Waals surface area contributed by atoms with Gasteiger partial charge in [0.15, 0.2) is 0 Å². The lowest BCUT2D eigenvalue weighted by Gasteiger charge is -2.06. The second-order valence-corrected chi connectivity index (χ2v) is 4.62. The Kier molecular flexibility index (Phi) is 4.37. The molecular weight excluding hydrogens is 272 g/mol. The van der Waals surface area contributed by atoms with Crippen molar-refractivity contribution >= 4 is 22.8 Å². The largest absolute Gasteiger partial charge is 0.459 e. The highest BCUT2D eigenvalue weighted by Crippen LogP contribution is 2.12. The van der Waals surface area contributed by atoms with E-state index in [-0.39, 0.29) is 18.7 Å². The van der Waals surface area contributed by atoms with Gasteiger partial charge in [0, 0.05) is 17.6 Å². The highest BCUT2D eigenvalue weighted by molar-refractivity contribution is 6.32. The maximum atomic E-state index is 11.9. The van der Waals surface area contributed by atoms with Gasteiger partial charge in [-0.15, -0.1) is 0 Å². The monoisotopic (exact) mass is 288 g/mol. The summed E-state index contributed by atoms with van der Waals surface area (Å²) in [6, 6.07) is 7.38. The van der Waals surface area contributed by atoms with E-state index < -0.39 is 11.9 Å². The fraction of sp³-hybridized carbons (Fsp3) is 0.267. The standard InChI is InChI=1S/C15H16N2O4/c1-3-21-15(20)14(19)16-8-11-7-10-5-4-9(2)6-12(10)17-13(11)18/h4-7H,3,8H2,1-2H3,(H,16,19)(H,17,18). The number of H-pyrrole nitrogens is 1. The summed E-state index contributed by atoms with van der Waals surface area (Å²) in [6.45, 7) is 3.64. The molecule has 0 atom stereocenters. The summed E-state index contributed by atoms with van der Waals surface area (Å²) in [5.41, 5.74) is 1.86. The number of pyridine rings is 1. The zero-order chi connectivity index (χ0) is 15.4. The number of ether oxygens (including phenoxy) is 1. The van der Waals surface area contributed by atoms with Crippen molar-refractivity contribution in [2.75, 3.05) is 6.61 Å². The number of fused-ring (bicyclic) bond motifs is 1. The molecular formula is C15H16N2O4. The smallest absolute Gasteiger partial charge is 0.396 e. The molecule has 0 radical (unpaired) electrons. The van der Waals surface area contributed by atoms with E-state index in [2.05, 4.69) is 15.0 Å². The van der Waals surface area contributed by atoms with Gasteiger partial charge in [-0.25, -0.2) is 4.79 Å². The van der Waals surface area contributed by atoms with Crippen LogP contribution in [0.4, 0.5) is 0 Å². The molecule has 0 unspecified atom stereocenters. The van der Waals surface area contributed by atoms with Crippen LogP contribution in [0.1, 0.15) is 18.1 Å². The number of carbonyl (C=O) groups excluding carboxylic acids is 2. The SMILES string of the molecule is CCOC(=O)C(=O)NCc1cc2ccc(C)cc2[nH]c1=O. The molecule has 1 aromatic carbocycles. The summed E-state index contributed by atoms with van der Waals surface area (Å²) < 4.78 is 4.57. The fourth-order valence-corrected chi connectivity index (χ4v) is 1.94. The van der Waals surface area contributed by atoms with Crippen LogP contribution in [0.3, 0.4) is 0 Å². The van der Waals surface area contributed by atoms with Crippen LogP contribution in [-0.2, 0) is 20.9 Å². The lowest BCUT2D eigenvalue weighted by Crippen LogP contribution is -2.33. The van der Waals surface area contributed by atoms with E-state index in [1.807, 2.05) is 25.1 Å². The maximum Gasteiger partial charge on any atom is 0.396 e. The molecule has 0 aliphatic heterocycles. The van der Waals surface area contributed by atoms with Crippen molar-refractivity contribution in [3.63, 3.8) is 0 Å². The molecule has 1 aromatic heterocycles. The highest BCUT2D eigenvalue weighted by Gasteiger charge is 2.14. The Morgan fingerprint density at radius 2 is 2.05 bits per heavy atom. The zero-order valence-electron chi connectivity index (χ0n) is 11.9. The first kappa shape index (κ1) is 14.8. The van der Waals surface area contributed by atoms with Crippen LogP contribution in [0.15, 0.2) is 29.1 Å². The number of carbonyl (C=O) groups is 2. The molecule has 0 fully saturated rings. The predicted molar refractivity (Wildman–Crippen MR) is 77.8 cm³/mol. The second kappa shape index (κ2) is 6.21. The van der Waals surface area contributed by atoms with E-state index in [4.69, 9.17) is 0 Å². The van der Waals surface area contributed by atoms with Crippen LogP contribution >= 0.6 is 0 Å². The lowest BCUT2D eigenvalue weighted by atomic mass is 10.1. The maximum absolute atomic E-state index is 11.9. The molecule has 0 saturated heterocycles. The van der Waals surface area contributed by atoms with Crippen molar-refractivity contribution in [2.24, 2.45) is 0 Å². The molecule has 0 bridgehead atoms. The molecule has 1 heterocycles. The van der Waals surface area contributed by atoms with Crippen LogP contribution in [-0.4, -0.2) is 23.5 Å². The topological polar surface area (TPSA) is 88.3 Å². The Balaban J connectivity index is 2.17. The van der Waals surface area contributed by atoms with Crippen molar-refractivity contribution in [3.8, 4) is 0 Å². The van der Waals surface area contributed by atoms with Gasteiger partial charge in [-0.3, -0.25) is 9.59 Å². The van der Waals surface area contributed by atoms with Crippen molar-refractivity contribution in [1.29, 1.82) is 0 Å². The zero-order valence-corrected chi connectivity index (χ0v) is 11.9. The lowest BCUT2D eigenvalue weighted by molar-refractivity contribution is -0.154. The van der Waals surface area contributed by atoms with E-state index >= 15 is 0 Å². The summed E-state index contributed by atoms with van der Waals surface area (Å²) >= 11 is 0. The van der Waals surface area contributed by atoms with Gasteiger partial charge in [0.1, 0.15) is 0 Å². The fourth-order valence-electron chi connectivity index (χ4n) is 1.94. The first-order chi connectivity index (χ1) is 10.0. The van der Waals surface area contributed by atoms with Crippen LogP contribution < -0.4 is 10.9 Å². The molecule has 6 heteroatoms. The van der Waals surface area contributed by atoms with Crippen LogP contribution in [0.5, 0.6) is 0 Å². The highest BCUT2D eigenvalue weighted by atomic mass is 16.5. The summed E-state index contributed by atoms with van der Waals surface area (Å²) in [7, 11) is 0. The van der Waals surface area contributed by atoms with Crippen molar-refractivity contribution in [1.82, 2.24) is 10.3 Å². The molecule has 1 amide bonds. The number of hydrogen-bond acceptors (Lipinski definition) is 4. The number of amides is 1. The molecule has 0 aliphatic carbocycles. The molecule has 6 nitrogen and oxygen atoms in total. The molecule has 2 aromatic rings. The average molecular weight is 288 g/mol. The summed E-state index contributed by atoms with van der Waals surface area (Å²) in [5.74, 6) is -1.81. The van der Waals surface area contributed by atoms with Crippen molar-refractivity contribution in [2.45, 2.75) is 20.4 Å². The Bertz CT molecular complexity index is 749. The molecule has 21 heavy (non-hydrogen) atoms. The van der Waals surface area contributed by atoms with Gasteiger partial charge < -0.3 is 15.0 Å². The molecule has 2 rings (SSSR count). The third-order valence-electron chi connectivity index (χ3n) is 2.98. The number of hydrogen-bond donors (Lipinski definition) is 2. The van der Waals surface area contributed by atoms with Gasteiger partial charge in [0.25, 0.3) is 5.56 Å². The van der Waals surface area contributed by atoms with Crippen LogP contribution in [0.2, 0.25) is 0 Å². The van der Waals surface area contributed by atoms with Gasteiger partial charge in [0.2, 0.25) is 0 Å². The molecule has 110 valence electrons. The Morgan fingerprint density at radius 1 is 1.29 bits per heavy atom. The quantitative estimate of drug-likeness (QED) is 0.652. The molecule has 0 saturated carbocycles. The van der Waals surface area contributed by atoms with Gasteiger partial charge in [-0.1, -0.05) is 12.1 Å². The third-order valence-corrected chi connectivity index (χ3v) is 2.98. The van der Waals surface area contributed by atoms with Crippen molar-refractivity contribution in [3.05, 3.63) is 45.7 Å².